The van der Waals surface area contributed by atoms with Crippen molar-refractivity contribution in [2.75, 3.05) is 12.3 Å². The van der Waals surface area contributed by atoms with E-state index in [1.54, 1.807) is 0 Å². The fourth-order valence-electron chi connectivity index (χ4n) is 0.854. The normalized spacial score (nSPS) is 11.6. The van der Waals surface area contributed by atoms with Crippen molar-refractivity contribution >= 4 is 11.8 Å². The zero-order valence-corrected chi connectivity index (χ0v) is 9.10. The van der Waals surface area contributed by atoms with Gasteiger partial charge in [-0.2, -0.15) is 0 Å². The van der Waals surface area contributed by atoms with Crippen LogP contribution in [-0.2, 0) is 0 Å². The van der Waals surface area contributed by atoms with Gasteiger partial charge in [-0.3, -0.25) is 0 Å². The first-order valence-corrected chi connectivity index (χ1v) is 5.50. The molecule has 0 bridgehead atoms. The maximum absolute atomic E-state index is 5.66. The summed E-state index contributed by atoms with van der Waals surface area (Å²) in [6.45, 7) is 5.14. The van der Waals surface area contributed by atoms with Crippen molar-refractivity contribution < 1.29 is 0 Å². The highest BCUT2D eigenvalue weighted by Gasteiger charge is 2.15. The number of hydrogen-bond acceptors (Lipinski definition) is 2. The van der Waals surface area contributed by atoms with Gasteiger partial charge in [-0.05, 0) is 24.1 Å². The summed E-state index contributed by atoms with van der Waals surface area (Å²) in [5, 5.41) is 0. The van der Waals surface area contributed by atoms with Crippen molar-refractivity contribution in [3.05, 3.63) is 30.3 Å². The lowest BCUT2D eigenvalue weighted by atomic mass is 9.97. The smallest absolute Gasteiger partial charge is 0.00721 e. The van der Waals surface area contributed by atoms with Gasteiger partial charge in [0.25, 0.3) is 0 Å². The first kappa shape index (κ1) is 10.6. The van der Waals surface area contributed by atoms with Crippen LogP contribution in [0.1, 0.15) is 13.8 Å². The average Bonchev–Trinajstić information content (AvgIpc) is 2.17. The molecule has 72 valence electrons. The van der Waals surface area contributed by atoms with E-state index in [-0.39, 0.29) is 5.41 Å². The van der Waals surface area contributed by atoms with Crippen LogP contribution in [0.2, 0.25) is 0 Å². The minimum Gasteiger partial charge on any atom is -0.330 e. The first-order chi connectivity index (χ1) is 6.14. The van der Waals surface area contributed by atoms with Gasteiger partial charge in [0, 0.05) is 10.6 Å². The highest BCUT2D eigenvalue weighted by atomic mass is 32.2. The van der Waals surface area contributed by atoms with E-state index in [0.717, 1.165) is 12.3 Å². The van der Waals surface area contributed by atoms with Crippen LogP contribution in [0, 0.1) is 5.41 Å². The topological polar surface area (TPSA) is 26.0 Å². The zero-order chi connectivity index (χ0) is 9.73. The van der Waals surface area contributed by atoms with Crippen molar-refractivity contribution in [1.29, 1.82) is 0 Å². The van der Waals surface area contributed by atoms with E-state index < -0.39 is 0 Å². The number of rotatable bonds is 4. The van der Waals surface area contributed by atoms with E-state index in [4.69, 9.17) is 5.73 Å². The molecule has 13 heavy (non-hydrogen) atoms. The van der Waals surface area contributed by atoms with Crippen molar-refractivity contribution in [1.82, 2.24) is 0 Å². The Morgan fingerprint density at radius 1 is 1.23 bits per heavy atom. The SMILES string of the molecule is CC(C)(CN)CSc1ccccc1. The van der Waals surface area contributed by atoms with Gasteiger partial charge in [-0.25, -0.2) is 0 Å². The van der Waals surface area contributed by atoms with Crippen LogP contribution in [-0.4, -0.2) is 12.3 Å². The molecule has 2 heteroatoms. The standard InChI is InChI=1S/C11H17NS/c1-11(2,8-12)9-13-10-6-4-3-5-7-10/h3-7H,8-9,12H2,1-2H3. The van der Waals surface area contributed by atoms with E-state index in [0.29, 0.717) is 0 Å². The molecule has 0 aliphatic heterocycles. The Kier molecular flexibility index (Phi) is 3.82. The molecule has 0 aliphatic carbocycles. The third-order valence-corrected chi connectivity index (χ3v) is 3.46. The molecule has 2 N–H and O–H groups in total. The van der Waals surface area contributed by atoms with Crippen molar-refractivity contribution in [3.63, 3.8) is 0 Å². The number of thioether (sulfide) groups is 1. The first-order valence-electron chi connectivity index (χ1n) is 4.52. The summed E-state index contributed by atoms with van der Waals surface area (Å²) in [4.78, 5) is 1.32. The van der Waals surface area contributed by atoms with E-state index in [9.17, 15) is 0 Å². The van der Waals surface area contributed by atoms with Crippen LogP contribution in [0.5, 0.6) is 0 Å². The monoisotopic (exact) mass is 195 g/mol. The summed E-state index contributed by atoms with van der Waals surface area (Å²) in [5.74, 6) is 1.08. The van der Waals surface area contributed by atoms with Crippen LogP contribution >= 0.6 is 11.8 Å². The Morgan fingerprint density at radius 2 is 1.85 bits per heavy atom. The fourth-order valence-corrected chi connectivity index (χ4v) is 1.88. The third kappa shape index (κ3) is 3.83. The maximum Gasteiger partial charge on any atom is 0.00721 e. The van der Waals surface area contributed by atoms with E-state index in [2.05, 4.69) is 38.1 Å². The van der Waals surface area contributed by atoms with Crippen LogP contribution in [0.4, 0.5) is 0 Å². The molecule has 0 saturated carbocycles. The molecule has 1 aromatic rings. The van der Waals surface area contributed by atoms with Crippen molar-refractivity contribution in [2.45, 2.75) is 18.7 Å². The summed E-state index contributed by atoms with van der Waals surface area (Å²) in [5.41, 5.74) is 5.89. The lowest BCUT2D eigenvalue weighted by Gasteiger charge is -2.21. The molecule has 0 unspecified atom stereocenters. The van der Waals surface area contributed by atoms with Gasteiger partial charge in [-0.1, -0.05) is 32.0 Å². The average molecular weight is 195 g/mol. The van der Waals surface area contributed by atoms with Crippen LogP contribution in [0.3, 0.4) is 0 Å². The predicted molar refractivity (Wildman–Crippen MR) is 60.0 cm³/mol. The molecule has 0 aliphatic rings. The molecule has 0 atom stereocenters. The summed E-state index contributed by atoms with van der Waals surface area (Å²) < 4.78 is 0. The Bertz CT molecular complexity index is 244. The molecule has 1 rings (SSSR count). The molecule has 0 fully saturated rings. The number of hydrogen-bond donors (Lipinski definition) is 1. The second-order valence-corrected chi connectivity index (χ2v) is 5.02. The molecular formula is C11H17NS. The quantitative estimate of drug-likeness (QED) is 0.748. The van der Waals surface area contributed by atoms with Crippen molar-refractivity contribution in [2.24, 2.45) is 11.1 Å². The molecule has 0 amide bonds. The minimum atomic E-state index is 0.237. The molecule has 0 heterocycles. The summed E-state index contributed by atoms with van der Waals surface area (Å²) in [6.07, 6.45) is 0. The highest BCUT2D eigenvalue weighted by molar-refractivity contribution is 7.99. The molecule has 0 aromatic heterocycles. The van der Waals surface area contributed by atoms with Gasteiger partial charge < -0.3 is 5.73 Å². The second kappa shape index (κ2) is 4.68. The maximum atomic E-state index is 5.66. The summed E-state index contributed by atoms with van der Waals surface area (Å²) in [6, 6.07) is 10.4. The minimum absolute atomic E-state index is 0.237. The Hall–Kier alpha value is -0.470. The Labute approximate surface area is 84.7 Å². The van der Waals surface area contributed by atoms with Crippen LogP contribution in [0.25, 0.3) is 0 Å². The molecule has 0 saturated heterocycles. The Balaban J connectivity index is 2.44. The number of nitrogens with two attached hydrogens (primary N) is 1. The number of benzene rings is 1. The lowest BCUT2D eigenvalue weighted by Crippen LogP contribution is -2.25. The van der Waals surface area contributed by atoms with Crippen LogP contribution in [0.15, 0.2) is 35.2 Å². The predicted octanol–water partition coefficient (Wildman–Crippen LogP) is 2.76. The van der Waals surface area contributed by atoms with Gasteiger partial charge in [-0.15, -0.1) is 11.8 Å². The zero-order valence-electron chi connectivity index (χ0n) is 8.29. The van der Waals surface area contributed by atoms with Gasteiger partial charge in [0.05, 0.1) is 0 Å². The van der Waals surface area contributed by atoms with Gasteiger partial charge >= 0.3 is 0 Å². The van der Waals surface area contributed by atoms with E-state index in [1.165, 1.54) is 4.90 Å². The van der Waals surface area contributed by atoms with Gasteiger partial charge in [0.2, 0.25) is 0 Å². The van der Waals surface area contributed by atoms with E-state index >= 15 is 0 Å². The lowest BCUT2D eigenvalue weighted by molar-refractivity contribution is 0.438. The molecule has 0 spiro atoms. The third-order valence-electron chi connectivity index (χ3n) is 1.93. The molecule has 1 nitrogen and oxygen atoms in total. The van der Waals surface area contributed by atoms with E-state index in [1.807, 2.05) is 17.8 Å². The second-order valence-electron chi connectivity index (χ2n) is 3.97. The summed E-state index contributed by atoms with van der Waals surface area (Å²) >= 11 is 1.87. The summed E-state index contributed by atoms with van der Waals surface area (Å²) in [7, 11) is 0. The van der Waals surface area contributed by atoms with Gasteiger partial charge in [0.15, 0.2) is 0 Å². The van der Waals surface area contributed by atoms with Crippen LogP contribution < -0.4 is 5.73 Å². The largest absolute Gasteiger partial charge is 0.330 e. The van der Waals surface area contributed by atoms with Crippen molar-refractivity contribution in [3.8, 4) is 0 Å². The van der Waals surface area contributed by atoms with Gasteiger partial charge in [0.1, 0.15) is 0 Å². The Morgan fingerprint density at radius 3 is 2.38 bits per heavy atom. The molecule has 1 aromatic carbocycles. The fraction of sp³-hybridized carbons (Fsp3) is 0.455. The highest BCUT2D eigenvalue weighted by Crippen LogP contribution is 2.26. The molecular weight excluding hydrogens is 178 g/mol. The molecule has 0 radical (unpaired) electrons.